The van der Waals surface area contributed by atoms with Crippen molar-refractivity contribution in [3.8, 4) is 0 Å². The Morgan fingerprint density at radius 2 is 1.29 bits per heavy atom. The Hall–Kier alpha value is -0.830. The number of ether oxygens (including phenoxy) is 1. The van der Waals surface area contributed by atoms with Gasteiger partial charge < -0.3 is 4.74 Å². The molecule has 4 aliphatic carbocycles. The van der Waals surface area contributed by atoms with Crippen molar-refractivity contribution in [3.63, 3.8) is 0 Å². The van der Waals surface area contributed by atoms with Gasteiger partial charge in [-0.25, -0.2) is 13.1 Å². The first-order valence-electron chi connectivity index (χ1n) is 11.8. The maximum atomic E-state index is 12.7. The molecule has 0 atom stereocenters. The Bertz CT molecular complexity index is 673. The van der Waals surface area contributed by atoms with E-state index in [4.69, 9.17) is 4.74 Å². The highest BCUT2D eigenvalue weighted by Crippen LogP contribution is 2.60. The van der Waals surface area contributed by atoms with Gasteiger partial charge >= 0.3 is 21.5 Å². The first-order chi connectivity index (χ1) is 14.6. The van der Waals surface area contributed by atoms with E-state index in [1.54, 1.807) is 4.72 Å². The number of carbonyl (C=O) groups is 1. The number of hydrogen-bond donors (Lipinski definition) is 1. The lowest BCUT2D eigenvalue weighted by molar-refractivity contribution is -0.171. The number of alkyl halides is 3. The van der Waals surface area contributed by atoms with Gasteiger partial charge in [0.25, 0.3) is 0 Å². The maximum Gasteiger partial charge on any atom is 0.511 e. The van der Waals surface area contributed by atoms with Crippen LogP contribution in [0.4, 0.5) is 13.2 Å². The SMILES string of the molecule is O=C(OCCCCCCCCCCNS(=O)(=O)C(F)(F)F)C12CC3CC(CC(C3)C1)C2. The summed E-state index contributed by atoms with van der Waals surface area (Å²) >= 11 is 0. The number of unbranched alkanes of at least 4 members (excludes halogenated alkanes) is 7. The van der Waals surface area contributed by atoms with E-state index >= 15 is 0 Å². The highest BCUT2D eigenvalue weighted by atomic mass is 32.2. The molecule has 0 aromatic carbocycles. The highest BCUT2D eigenvalue weighted by Gasteiger charge is 2.55. The van der Waals surface area contributed by atoms with E-state index in [0.717, 1.165) is 75.5 Å². The van der Waals surface area contributed by atoms with Crippen LogP contribution in [-0.4, -0.2) is 33.0 Å². The molecule has 5 nitrogen and oxygen atoms in total. The average molecular weight is 468 g/mol. The molecule has 4 bridgehead atoms. The van der Waals surface area contributed by atoms with Crippen molar-refractivity contribution < 1.29 is 31.1 Å². The standard InChI is InChI=1S/C22H36F3NO4S/c23-22(24,25)31(28,29)26-9-7-5-3-1-2-4-6-8-10-30-20(27)21-14-17-11-18(15-21)13-19(12-17)16-21/h17-19,26H,1-16H2. The summed E-state index contributed by atoms with van der Waals surface area (Å²) in [5.74, 6) is 2.27. The maximum absolute atomic E-state index is 12.7. The Balaban J connectivity index is 1.15. The monoisotopic (exact) mass is 467 g/mol. The van der Waals surface area contributed by atoms with Gasteiger partial charge in [-0.15, -0.1) is 0 Å². The van der Waals surface area contributed by atoms with Gasteiger partial charge in [-0.05, 0) is 69.1 Å². The lowest BCUT2D eigenvalue weighted by atomic mass is 9.49. The molecule has 0 unspecified atom stereocenters. The summed E-state index contributed by atoms with van der Waals surface area (Å²) < 4.78 is 65.5. The van der Waals surface area contributed by atoms with Crippen LogP contribution >= 0.6 is 0 Å². The van der Waals surface area contributed by atoms with Gasteiger partial charge in [0.1, 0.15) is 0 Å². The normalized spacial score (nSPS) is 30.0. The molecule has 4 aliphatic rings. The number of sulfonamides is 1. The number of nitrogens with one attached hydrogen (secondary N) is 1. The minimum Gasteiger partial charge on any atom is -0.465 e. The average Bonchev–Trinajstić information content (AvgIpc) is 2.66. The van der Waals surface area contributed by atoms with E-state index in [1.807, 2.05) is 0 Å². The van der Waals surface area contributed by atoms with Gasteiger partial charge in [-0.3, -0.25) is 4.79 Å². The Labute approximate surface area is 183 Å². The summed E-state index contributed by atoms with van der Waals surface area (Å²) in [6, 6.07) is 0. The zero-order valence-corrected chi connectivity index (χ0v) is 19.0. The third-order valence-electron chi connectivity index (χ3n) is 7.37. The molecule has 0 aromatic rings. The van der Waals surface area contributed by atoms with E-state index in [0.29, 0.717) is 19.4 Å². The third-order valence-corrected chi connectivity index (χ3v) is 8.57. The van der Waals surface area contributed by atoms with E-state index in [9.17, 15) is 26.4 Å². The molecule has 0 saturated heterocycles. The van der Waals surface area contributed by atoms with Gasteiger partial charge in [0, 0.05) is 6.54 Å². The first-order valence-corrected chi connectivity index (χ1v) is 13.3. The summed E-state index contributed by atoms with van der Waals surface area (Å²) in [7, 11) is -5.21. The van der Waals surface area contributed by atoms with Crippen molar-refractivity contribution in [3.05, 3.63) is 0 Å². The van der Waals surface area contributed by atoms with Crippen LogP contribution in [0.2, 0.25) is 0 Å². The molecular weight excluding hydrogens is 431 g/mol. The molecule has 0 spiro atoms. The van der Waals surface area contributed by atoms with Gasteiger partial charge in [-0.1, -0.05) is 38.5 Å². The zero-order chi connectivity index (χ0) is 22.5. The zero-order valence-electron chi connectivity index (χ0n) is 18.2. The molecule has 4 rings (SSSR count). The fourth-order valence-electron chi connectivity index (χ4n) is 6.25. The number of halogens is 3. The van der Waals surface area contributed by atoms with Crippen LogP contribution in [0.3, 0.4) is 0 Å². The minimum absolute atomic E-state index is 0.0488. The van der Waals surface area contributed by atoms with Gasteiger partial charge in [-0.2, -0.15) is 13.2 Å². The second kappa shape index (κ2) is 10.4. The van der Waals surface area contributed by atoms with Crippen molar-refractivity contribution in [1.82, 2.24) is 4.72 Å². The Morgan fingerprint density at radius 1 is 0.839 bits per heavy atom. The second-order valence-corrected chi connectivity index (χ2v) is 11.8. The van der Waals surface area contributed by atoms with E-state index < -0.39 is 15.5 Å². The molecule has 31 heavy (non-hydrogen) atoms. The first kappa shape index (κ1) is 24.8. The van der Waals surface area contributed by atoms with E-state index in [-0.39, 0.29) is 17.9 Å². The predicted octanol–water partition coefficient (Wildman–Crippen LogP) is 5.31. The van der Waals surface area contributed by atoms with Crippen molar-refractivity contribution in [1.29, 1.82) is 0 Å². The predicted molar refractivity (Wildman–Crippen MR) is 111 cm³/mol. The smallest absolute Gasteiger partial charge is 0.465 e. The van der Waals surface area contributed by atoms with Crippen LogP contribution < -0.4 is 4.72 Å². The number of hydrogen-bond acceptors (Lipinski definition) is 4. The summed E-state index contributed by atoms with van der Waals surface area (Å²) in [4.78, 5) is 12.7. The fourth-order valence-corrected chi connectivity index (χ4v) is 6.83. The number of esters is 1. The lowest BCUT2D eigenvalue weighted by Gasteiger charge is -2.55. The molecule has 0 aliphatic heterocycles. The Morgan fingerprint density at radius 3 is 1.77 bits per heavy atom. The second-order valence-electron chi connectivity index (χ2n) is 10.0. The molecule has 1 N–H and O–H groups in total. The third kappa shape index (κ3) is 6.59. The van der Waals surface area contributed by atoms with Crippen molar-refractivity contribution in [2.24, 2.45) is 23.2 Å². The summed E-state index contributed by atoms with van der Waals surface area (Å²) in [5, 5.41) is 0. The van der Waals surface area contributed by atoms with Gasteiger partial charge in [0.05, 0.1) is 12.0 Å². The molecule has 0 heterocycles. The molecule has 9 heteroatoms. The van der Waals surface area contributed by atoms with Crippen LogP contribution in [0.1, 0.15) is 89.9 Å². The van der Waals surface area contributed by atoms with Crippen LogP contribution in [-0.2, 0) is 19.6 Å². The summed E-state index contributed by atoms with van der Waals surface area (Å²) in [6.07, 6.45) is 13.9. The molecule has 0 aromatic heterocycles. The molecule has 180 valence electrons. The molecule has 0 amide bonds. The molecule has 0 radical (unpaired) electrons. The summed E-state index contributed by atoms with van der Waals surface area (Å²) in [6.45, 7) is 0.316. The number of carbonyl (C=O) groups excluding carboxylic acids is 1. The topological polar surface area (TPSA) is 72.5 Å². The van der Waals surface area contributed by atoms with Crippen LogP contribution in [0.15, 0.2) is 0 Å². The minimum atomic E-state index is -5.24. The largest absolute Gasteiger partial charge is 0.511 e. The van der Waals surface area contributed by atoms with Crippen LogP contribution in [0.5, 0.6) is 0 Å². The van der Waals surface area contributed by atoms with Crippen molar-refractivity contribution in [2.75, 3.05) is 13.2 Å². The van der Waals surface area contributed by atoms with Gasteiger partial charge in [0.2, 0.25) is 0 Å². The molecular formula is C22H36F3NO4S. The molecule has 4 fully saturated rings. The highest BCUT2D eigenvalue weighted by molar-refractivity contribution is 7.90. The Kier molecular flexibility index (Phi) is 8.32. The van der Waals surface area contributed by atoms with Crippen LogP contribution in [0.25, 0.3) is 0 Å². The van der Waals surface area contributed by atoms with Crippen molar-refractivity contribution >= 4 is 16.0 Å². The van der Waals surface area contributed by atoms with Crippen molar-refractivity contribution in [2.45, 2.75) is 95.4 Å². The lowest BCUT2D eigenvalue weighted by Crippen LogP contribution is -2.50. The number of rotatable bonds is 13. The van der Waals surface area contributed by atoms with Crippen LogP contribution in [0, 0.1) is 23.2 Å². The summed E-state index contributed by atoms with van der Waals surface area (Å²) in [5.41, 5.74) is -5.42. The van der Waals surface area contributed by atoms with Gasteiger partial charge in [0.15, 0.2) is 0 Å². The fraction of sp³-hybridized carbons (Fsp3) is 0.955. The quantitative estimate of drug-likeness (QED) is 0.294. The van der Waals surface area contributed by atoms with E-state index in [2.05, 4.69) is 0 Å². The molecule has 4 saturated carbocycles. The van der Waals surface area contributed by atoms with E-state index in [1.165, 1.54) is 19.3 Å².